The van der Waals surface area contributed by atoms with Crippen molar-refractivity contribution in [2.45, 2.75) is 19.8 Å². The third-order valence-corrected chi connectivity index (χ3v) is 2.35. The summed E-state index contributed by atoms with van der Waals surface area (Å²) < 4.78 is 25.1. The van der Waals surface area contributed by atoms with Crippen molar-refractivity contribution in [2.75, 3.05) is 0 Å². The molecular formula is C9H7BrF2N2. The molecule has 0 fully saturated rings. The fraction of sp³-hybridized carbons (Fsp3) is 0.333. The maximum absolute atomic E-state index is 12.5. The van der Waals surface area contributed by atoms with E-state index in [0.29, 0.717) is 11.3 Å². The van der Waals surface area contributed by atoms with Crippen molar-refractivity contribution in [3.63, 3.8) is 0 Å². The quantitative estimate of drug-likeness (QED) is 0.766. The summed E-state index contributed by atoms with van der Waals surface area (Å²) in [6.45, 7) is 1.58. The van der Waals surface area contributed by atoms with E-state index in [0.717, 1.165) is 0 Å². The molecule has 0 atom stereocenters. The summed E-state index contributed by atoms with van der Waals surface area (Å²) in [7, 11) is 0. The van der Waals surface area contributed by atoms with Crippen LogP contribution >= 0.6 is 15.9 Å². The normalized spacial score (nSPS) is 10.3. The molecule has 0 saturated carbocycles. The van der Waals surface area contributed by atoms with Gasteiger partial charge in [0.1, 0.15) is 4.60 Å². The highest BCUT2D eigenvalue weighted by molar-refractivity contribution is 9.10. The Hall–Kier alpha value is -1.02. The molecular weight excluding hydrogens is 254 g/mol. The van der Waals surface area contributed by atoms with E-state index in [-0.39, 0.29) is 16.6 Å². The lowest BCUT2D eigenvalue weighted by Gasteiger charge is -2.07. The van der Waals surface area contributed by atoms with Crippen molar-refractivity contribution in [1.82, 2.24) is 4.98 Å². The predicted octanol–water partition coefficient (Wildman–Crippen LogP) is 3.16. The zero-order valence-corrected chi connectivity index (χ0v) is 8.98. The lowest BCUT2D eigenvalue weighted by molar-refractivity contribution is 0.149. The van der Waals surface area contributed by atoms with Gasteiger partial charge in [-0.3, -0.25) is 0 Å². The topological polar surface area (TPSA) is 36.7 Å². The molecule has 1 rings (SSSR count). The number of aromatic nitrogens is 1. The van der Waals surface area contributed by atoms with Crippen molar-refractivity contribution in [1.29, 1.82) is 5.26 Å². The molecule has 1 heterocycles. The third kappa shape index (κ3) is 2.26. The van der Waals surface area contributed by atoms with Gasteiger partial charge in [0.2, 0.25) is 0 Å². The largest absolute Gasteiger partial charge is 0.266 e. The van der Waals surface area contributed by atoms with Crippen LogP contribution in [0.4, 0.5) is 8.78 Å². The molecule has 1 aromatic heterocycles. The van der Waals surface area contributed by atoms with Crippen LogP contribution in [-0.2, 0) is 6.42 Å². The van der Waals surface area contributed by atoms with Gasteiger partial charge in [0.05, 0.1) is 23.7 Å². The van der Waals surface area contributed by atoms with Crippen LogP contribution in [0.25, 0.3) is 0 Å². The molecule has 0 amide bonds. The van der Waals surface area contributed by atoms with E-state index < -0.39 is 6.43 Å². The van der Waals surface area contributed by atoms with Gasteiger partial charge in [-0.05, 0) is 34.5 Å². The van der Waals surface area contributed by atoms with Crippen molar-refractivity contribution < 1.29 is 8.78 Å². The summed E-state index contributed by atoms with van der Waals surface area (Å²) >= 11 is 2.97. The molecule has 0 aliphatic carbocycles. The molecule has 2 nitrogen and oxygen atoms in total. The van der Waals surface area contributed by atoms with E-state index in [4.69, 9.17) is 5.26 Å². The van der Waals surface area contributed by atoms with Crippen LogP contribution in [-0.4, -0.2) is 4.98 Å². The van der Waals surface area contributed by atoms with Crippen LogP contribution in [0.1, 0.15) is 23.2 Å². The second-order valence-corrected chi connectivity index (χ2v) is 3.52. The molecule has 0 spiro atoms. The summed E-state index contributed by atoms with van der Waals surface area (Å²) in [4.78, 5) is 3.86. The highest BCUT2D eigenvalue weighted by atomic mass is 79.9. The minimum Gasteiger partial charge on any atom is -0.244 e. The lowest BCUT2D eigenvalue weighted by atomic mass is 10.1. The highest BCUT2D eigenvalue weighted by Crippen LogP contribution is 2.29. The van der Waals surface area contributed by atoms with Gasteiger partial charge in [0.25, 0.3) is 6.43 Å². The summed E-state index contributed by atoms with van der Waals surface area (Å²) in [5, 5.41) is 8.43. The Morgan fingerprint density at radius 1 is 1.64 bits per heavy atom. The Morgan fingerprint density at radius 2 is 2.29 bits per heavy atom. The molecule has 0 N–H and O–H groups in total. The number of nitriles is 1. The molecule has 1 aromatic rings. The first kappa shape index (κ1) is 11.1. The zero-order valence-electron chi connectivity index (χ0n) is 7.39. The molecule has 0 saturated heterocycles. The minimum absolute atomic E-state index is 0.105. The summed E-state index contributed by atoms with van der Waals surface area (Å²) in [6, 6.07) is 3.43. The van der Waals surface area contributed by atoms with Crippen molar-refractivity contribution in [3.05, 3.63) is 27.5 Å². The van der Waals surface area contributed by atoms with Gasteiger partial charge in [-0.25, -0.2) is 13.8 Å². The molecule has 74 valence electrons. The zero-order chi connectivity index (χ0) is 10.7. The van der Waals surface area contributed by atoms with Crippen LogP contribution in [0.15, 0.2) is 10.7 Å². The van der Waals surface area contributed by atoms with E-state index in [1.165, 1.54) is 6.07 Å². The van der Waals surface area contributed by atoms with E-state index in [1.807, 2.05) is 6.07 Å². The maximum Gasteiger partial charge on any atom is 0.266 e. The van der Waals surface area contributed by atoms with E-state index in [9.17, 15) is 8.78 Å². The molecule has 0 aliphatic rings. The number of nitrogens with zero attached hydrogens (tertiary/aromatic N) is 2. The summed E-state index contributed by atoms with van der Waals surface area (Å²) in [5.74, 6) is 0. The average Bonchev–Trinajstić information content (AvgIpc) is 2.01. The van der Waals surface area contributed by atoms with Crippen molar-refractivity contribution in [3.8, 4) is 6.07 Å². The van der Waals surface area contributed by atoms with Crippen molar-refractivity contribution >= 4 is 15.9 Å². The standard InChI is InChI=1S/C9H7BrF2N2/c1-5-4-6(2-3-13)14-8(10)7(5)9(11)12/h4,9H,2H2,1H3. The number of aryl methyl sites for hydroxylation is 1. The van der Waals surface area contributed by atoms with Crippen molar-refractivity contribution in [2.24, 2.45) is 0 Å². The molecule has 0 aromatic carbocycles. The molecule has 5 heteroatoms. The second kappa shape index (κ2) is 4.47. The van der Waals surface area contributed by atoms with Crippen LogP contribution in [0.5, 0.6) is 0 Å². The molecule has 0 aliphatic heterocycles. The van der Waals surface area contributed by atoms with Gasteiger partial charge in [0, 0.05) is 0 Å². The Balaban J connectivity index is 3.19. The van der Waals surface area contributed by atoms with Gasteiger partial charge in [-0.15, -0.1) is 0 Å². The summed E-state index contributed by atoms with van der Waals surface area (Å²) in [5.41, 5.74) is 0.847. The Labute approximate surface area is 88.7 Å². The van der Waals surface area contributed by atoms with Gasteiger partial charge in [0.15, 0.2) is 0 Å². The Kier molecular flexibility index (Phi) is 3.53. The number of rotatable bonds is 2. The Bertz CT molecular complexity index is 362. The van der Waals surface area contributed by atoms with E-state index in [1.54, 1.807) is 6.92 Å². The molecule has 0 unspecified atom stereocenters. The van der Waals surface area contributed by atoms with Gasteiger partial charge < -0.3 is 0 Å². The number of alkyl halides is 2. The van der Waals surface area contributed by atoms with Crippen LogP contribution in [0, 0.1) is 18.3 Å². The van der Waals surface area contributed by atoms with Gasteiger partial charge in [-0.2, -0.15) is 5.26 Å². The second-order valence-electron chi connectivity index (χ2n) is 2.77. The molecule has 14 heavy (non-hydrogen) atoms. The van der Waals surface area contributed by atoms with E-state index >= 15 is 0 Å². The fourth-order valence-corrected chi connectivity index (χ4v) is 1.86. The fourth-order valence-electron chi connectivity index (χ4n) is 1.14. The third-order valence-electron chi connectivity index (χ3n) is 1.75. The minimum atomic E-state index is -2.55. The highest BCUT2D eigenvalue weighted by Gasteiger charge is 2.16. The SMILES string of the molecule is Cc1cc(CC#N)nc(Br)c1C(F)F. The first-order valence-electron chi connectivity index (χ1n) is 3.87. The van der Waals surface area contributed by atoms with Crippen LogP contribution < -0.4 is 0 Å². The number of hydrogen-bond acceptors (Lipinski definition) is 2. The van der Waals surface area contributed by atoms with Gasteiger partial charge in [-0.1, -0.05) is 0 Å². The smallest absolute Gasteiger partial charge is 0.244 e. The first-order valence-corrected chi connectivity index (χ1v) is 4.66. The van der Waals surface area contributed by atoms with Crippen LogP contribution in [0.2, 0.25) is 0 Å². The van der Waals surface area contributed by atoms with Crippen LogP contribution in [0.3, 0.4) is 0 Å². The molecule has 0 bridgehead atoms. The molecule has 0 radical (unpaired) electrons. The van der Waals surface area contributed by atoms with E-state index in [2.05, 4.69) is 20.9 Å². The average molecular weight is 261 g/mol. The number of hydrogen-bond donors (Lipinski definition) is 0. The lowest BCUT2D eigenvalue weighted by Crippen LogP contribution is -1.98. The predicted molar refractivity (Wildman–Crippen MR) is 50.9 cm³/mol. The van der Waals surface area contributed by atoms with Gasteiger partial charge >= 0.3 is 0 Å². The first-order chi connectivity index (χ1) is 6.56. The summed E-state index contributed by atoms with van der Waals surface area (Å²) in [6.07, 6.45) is -2.42. The monoisotopic (exact) mass is 260 g/mol. The maximum atomic E-state index is 12.5. The number of pyridine rings is 1. The Morgan fingerprint density at radius 3 is 2.71 bits per heavy atom. The number of halogens is 3.